The van der Waals surface area contributed by atoms with E-state index in [9.17, 15) is 4.79 Å². The number of pyridine rings is 1. The van der Waals surface area contributed by atoms with Crippen LogP contribution >= 0.6 is 0 Å². The Kier molecular flexibility index (Phi) is 7.86. The van der Waals surface area contributed by atoms with Crippen molar-refractivity contribution in [3.63, 3.8) is 0 Å². The molecule has 0 aromatic carbocycles. The van der Waals surface area contributed by atoms with Crippen molar-refractivity contribution in [2.75, 3.05) is 13.1 Å². The van der Waals surface area contributed by atoms with Gasteiger partial charge in [-0.3, -0.25) is 15.3 Å². The molecule has 0 aliphatic rings. The Balaban J connectivity index is 2.38. The maximum atomic E-state index is 12.0. The topological polar surface area (TPSA) is 95.1 Å². The van der Waals surface area contributed by atoms with Crippen LogP contribution in [-0.2, 0) is 6.42 Å². The second kappa shape index (κ2) is 9.74. The van der Waals surface area contributed by atoms with E-state index in [0.29, 0.717) is 19.5 Å². The number of amides is 2. The zero-order chi connectivity index (χ0) is 15.5. The Morgan fingerprint density at radius 3 is 2.67 bits per heavy atom. The lowest BCUT2D eigenvalue weighted by molar-refractivity contribution is 0.220. The molecule has 0 bridgehead atoms. The van der Waals surface area contributed by atoms with E-state index >= 15 is 0 Å². The van der Waals surface area contributed by atoms with Gasteiger partial charge in [-0.25, -0.2) is 4.79 Å². The summed E-state index contributed by atoms with van der Waals surface area (Å²) in [7, 11) is 0. The molecular formula is C15H25N5O. The van der Waals surface area contributed by atoms with E-state index in [-0.39, 0.29) is 12.0 Å². The van der Waals surface area contributed by atoms with Crippen molar-refractivity contribution < 1.29 is 4.79 Å². The van der Waals surface area contributed by atoms with Gasteiger partial charge in [0.25, 0.3) is 0 Å². The van der Waals surface area contributed by atoms with Gasteiger partial charge in [0.1, 0.15) is 0 Å². The number of hydrogen-bond acceptors (Lipinski definition) is 3. The monoisotopic (exact) mass is 291 g/mol. The van der Waals surface area contributed by atoms with Crippen molar-refractivity contribution >= 4 is 12.0 Å². The lowest BCUT2D eigenvalue weighted by Crippen LogP contribution is -2.48. The first-order chi connectivity index (χ1) is 10.1. The normalized spacial score (nSPS) is 10.1. The van der Waals surface area contributed by atoms with Crippen molar-refractivity contribution in [1.82, 2.24) is 15.2 Å². The molecule has 0 saturated carbocycles. The molecular weight excluding hydrogens is 266 g/mol. The molecule has 0 radical (unpaired) electrons. The number of unbranched alkanes of at least 4 members (excludes halogenated alkanes) is 3. The number of urea groups is 1. The van der Waals surface area contributed by atoms with Gasteiger partial charge in [0.2, 0.25) is 0 Å². The Bertz CT molecular complexity index is 435. The molecule has 1 aromatic rings. The van der Waals surface area contributed by atoms with Crippen LogP contribution < -0.4 is 11.1 Å². The number of nitrogens with one attached hydrogen (secondary N) is 2. The fourth-order valence-corrected chi connectivity index (χ4v) is 1.96. The molecule has 1 rings (SSSR count). The molecule has 1 aromatic heterocycles. The largest absolute Gasteiger partial charge is 0.370 e. The number of carbonyl (C=O) groups excluding carboxylic acids is 1. The summed E-state index contributed by atoms with van der Waals surface area (Å²) in [6.07, 6.45) is 8.46. The first-order valence-corrected chi connectivity index (χ1v) is 7.43. The number of carbonyl (C=O) groups is 1. The molecule has 1 heterocycles. The van der Waals surface area contributed by atoms with Gasteiger partial charge in [0.15, 0.2) is 5.96 Å². The third-order valence-corrected chi connectivity index (χ3v) is 3.22. The number of nitrogens with zero attached hydrogens (tertiary/aromatic N) is 2. The summed E-state index contributed by atoms with van der Waals surface area (Å²) in [4.78, 5) is 17.2. The van der Waals surface area contributed by atoms with Crippen molar-refractivity contribution in [2.45, 2.75) is 39.0 Å². The second-order valence-corrected chi connectivity index (χ2v) is 4.93. The van der Waals surface area contributed by atoms with Crippen LogP contribution in [0.4, 0.5) is 4.79 Å². The third kappa shape index (κ3) is 6.74. The summed E-state index contributed by atoms with van der Waals surface area (Å²) < 4.78 is 0. The van der Waals surface area contributed by atoms with Crippen LogP contribution in [0.2, 0.25) is 0 Å². The average Bonchev–Trinajstić information content (AvgIpc) is 2.48. The van der Waals surface area contributed by atoms with Gasteiger partial charge in [0.05, 0.1) is 0 Å². The molecule has 4 N–H and O–H groups in total. The minimum absolute atomic E-state index is 0.227. The number of hydrogen-bond donors (Lipinski definition) is 3. The Hall–Kier alpha value is -2.11. The van der Waals surface area contributed by atoms with Crippen molar-refractivity contribution in [3.8, 4) is 0 Å². The van der Waals surface area contributed by atoms with E-state index in [1.807, 2.05) is 12.1 Å². The van der Waals surface area contributed by atoms with Gasteiger partial charge in [-0.1, -0.05) is 26.2 Å². The minimum atomic E-state index is -0.298. The second-order valence-electron chi connectivity index (χ2n) is 4.93. The van der Waals surface area contributed by atoms with E-state index < -0.39 is 0 Å². The first-order valence-electron chi connectivity index (χ1n) is 7.43. The highest BCUT2D eigenvalue weighted by atomic mass is 16.2. The Morgan fingerprint density at radius 1 is 1.33 bits per heavy atom. The summed E-state index contributed by atoms with van der Waals surface area (Å²) in [6, 6.07) is 3.48. The van der Waals surface area contributed by atoms with Gasteiger partial charge in [0, 0.05) is 25.5 Å². The maximum absolute atomic E-state index is 12.0. The number of nitrogens with two attached hydrogens (primary N) is 1. The molecule has 116 valence electrons. The van der Waals surface area contributed by atoms with E-state index in [0.717, 1.165) is 18.4 Å². The van der Waals surface area contributed by atoms with E-state index in [4.69, 9.17) is 11.1 Å². The highest BCUT2D eigenvalue weighted by Gasteiger charge is 2.15. The third-order valence-electron chi connectivity index (χ3n) is 3.22. The van der Waals surface area contributed by atoms with E-state index in [2.05, 4.69) is 17.2 Å². The van der Waals surface area contributed by atoms with Crippen LogP contribution in [0.3, 0.4) is 0 Å². The SMILES string of the molecule is CCCCCCNC(=O)N(CCc1ccncc1)C(=N)N. The standard InChI is InChI=1S/C15H25N5O/c1-2-3-4-5-9-19-15(21)20(14(16)17)12-8-13-6-10-18-11-7-13/h6-7,10-11H,2-5,8-9,12H2,1H3,(H3,16,17)(H,19,21). The summed E-state index contributed by atoms with van der Waals surface area (Å²) in [6.45, 7) is 3.16. The van der Waals surface area contributed by atoms with Gasteiger partial charge >= 0.3 is 6.03 Å². The molecule has 0 atom stereocenters. The summed E-state index contributed by atoms with van der Waals surface area (Å²) in [5.41, 5.74) is 6.55. The van der Waals surface area contributed by atoms with E-state index in [1.165, 1.54) is 17.7 Å². The molecule has 0 spiro atoms. The smallest absolute Gasteiger partial charge is 0.324 e. The Morgan fingerprint density at radius 2 is 2.05 bits per heavy atom. The van der Waals surface area contributed by atoms with Crippen LogP contribution in [0, 0.1) is 5.41 Å². The highest BCUT2D eigenvalue weighted by molar-refractivity contribution is 5.93. The molecule has 21 heavy (non-hydrogen) atoms. The first kappa shape index (κ1) is 16.9. The van der Waals surface area contributed by atoms with Gasteiger partial charge < -0.3 is 11.1 Å². The maximum Gasteiger partial charge on any atom is 0.324 e. The number of guanidine groups is 1. The average molecular weight is 291 g/mol. The van der Waals surface area contributed by atoms with Crippen molar-refractivity contribution in [1.29, 1.82) is 5.41 Å². The van der Waals surface area contributed by atoms with Crippen LogP contribution in [0.15, 0.2) is 24.5 Å². The van der Waals surface area contributed by atoms with E-state index in [1.54, 1.807) is 12.4 Å². The van der Waals surface area contributed by atoms with Gasteiger partial charge in [-0.15, -0.1) is 0 Å². The fourth-order valence-electron chi connectivity index (χ4n) is 1.96. The zero-order valence-electron chi connectivity index (χ0n) is 12.6. The summed E-state index contributed by atoms with van der Waals surface area (Å²) in [5, 5.41) is 10.3. The molecule has 0 fully saturated rings. The van der Waals surface area contributed by atoms with Crippen LogP contribution in [0.1, 0.15) is 38.2 Å². The van der Waals surface area contributed by atoms with Crippen molar-refractivity contribution in [2.24, 2.45) is 5.73 Å². The lowest BCUT2D eigenvalue weighted by Gasteiger charge is -2.21. The molecule has 6 nitrogen and oxygen atoms in total. The predicted octanol–water partition coefficient (Wildman–Crippen LogP) is 2.11. The molecule has 0 aliphatic carbocycles. The summed E-state index contributed by atoms with van der Waals surface area (Å²) >= 11 is 0. The Labute approximate surface area is 126 Å². The lowest BCUT2D eigenvalue weighted by atomic mass is 10.2. The van der Waals surface area contributed by atoms with Crippen molar-refractivity contribution in [3.05, 3.63) is 30.1 Å². The summed E-state index contributed by atoms with van der Waals surface area (Å²) in [5.74, 6) is -0.227. The number of aromatic nitrogens is 1. The fraction of sp³-hybridized carbons (Fsp3) is 0.533. The van der Waals surface area contributed by atoms with Gasteiger partial charge in [-0.05, 0) is 30.5 Å². The highest BCUT2D eigenvalue weighted by Crippen LogP contribution is 2.01. The molecule has 0 saturated heterocycles. The quantitative estimate of drug-likeness (QED) is 0.389. The van der Waals surface area contributed by atoms with Crippen LogP contribution in [-0.4, -0.2) is 35.0 Å². The predicted molar refractivity (Wildman–Crippen MR) is 84.1 cm³/mol. The molecule has 0 aliphatic heterocycles. The molecule has 0 unspecified atom stereocenters. The minimum Gasteiger partial charge on any atom is -0.370 e. The molecule has 2 amide bonds. The number of rotatable bonds is 8. The molecule has 6 heteroatoms. The van der Waals surface area contributed by atoms with Crippen LogP contribution in [0.5, 0.6) is 0 Å². The van der Waals surface area contributed by atoms with Gasteiger partial charge in [-0.2, -0.15) is 0 Å². The zero-order valence-corrected chi connectivity index (χ0v) is 12.6. The van der Waals surface area contributed by atoms with Crippen LogP contribution in [0.25, 0.3) is 0 Å².